The summed E-state index contributed by atoms with van der Waals surface area (Å²) < 4.78 is 21.0. The van der Waals surface area contributed by atoms with Crippen molar-refractivity contribution >= 4 is 195 Å². The van der Waals surface area contributed by atoms with E-state index in [0.717, 1.165) is 143 Å². The SMILES string of the molecule is c1cc(-c2ccc3c(c2)oc2cc4ccc(-c5ccc6ccc7c8ccc(-c9c%10ccccc%10c(-c%10ccc%11ccccc%11c%10)c%10ccccc9%10)cc8oc7c6c5)cc4cc23)cc(-c2c3ccccc3c(-c3ccc4ccccc4c3)c3ccc(-c4ccc5c(-c6ccc7ccccc7c6)c6ccccc6c(-c6ccc7c(c6)oc6cc8ccccc8cc67)c5c4)cc23)c1. The third kappa shape index (κ3) is 11.1. The molecule has 0 spiro atoms. The molecule has 0 amide bonds. The van der Waals surface area contributed by atoms with Crippen LogP contribution in [-0.2, 0) is 0 Å². The Labute approximate surface area is 740 Å². The van der Waals surface area contributed by atoms with E-state index in [1.54, 1.807) is 0 Å². The van der Waals surface area contributed by atoms with E-state index >= 15 is 0 Å². The van der Waals surface area contributed by atoms with E-state index in [9.17, 15) is 0 Å². The van der Waals surface area contributed by atoms with Crippen LogP contribution < -0.4 is 0 Å². The first-order valence-corrected chi connectivity index (χ1v) is 44.5. The predicted molar refractivity (Wildman–Crippen MR) is 547 cm³/mol. The Morgan fingerprint density at radius 2 is 0.341 bits per heavy atom. The van der Waals surface area contributed by atoms with Crippen LogP contribution in [-0.4, -0.2) is 0 Å². The van der Waals surface area contributed by atoms with Gasteiger partial charge in [0.25, 0.3) is 0 Å². The monoisotopic (exact) mass is 1630 g/mol. The summed E-state index contributed by atoms with van der Waals surface area (Å²) in [5.74, 6) is 0. The van der Waals surface area contributed by atoms with Crippen LogP contribution >= 0.6 is 0 Å². The highest BCUT2D eigenvalue weighted by molar-refractivity contribution is 6.28. The maximum Gasteiger partial charge on any atom is 0.143 e. The van der Waals surface area contributed by atoms with E-state index in [1.165, 1.54) is 152 Å². The highest BCUT2D eigenvalue weighted by Crippen LogP contribution is 2.53. The molecule has 0 N–H and O–H groups in total. The zero-order valence-electron chi connectivity index (χ0n) is 69.8. The van der Waals surface area contributed by atoms with Crippen molar-refractivity contribution in [2.75, 3.05) is 0 Å². The average molecular weight is 1630 g/mol. The van der Waals surface area contributed by atoms with Crippen molar-refractivity contribution < 1.29 is 13.3 Å². The molecule has 0 atom stereocenters. The van der Waals surface area contributed by atoms with Crippen molar-refractivity contribution in [2.45, 2.75) is 0 Å². The Bertz CT molecular complexity index is 9730. The fourth-order valence-electron chi connectivity index (χ4n) is 22.0. The maximum absolute atomic E-state index is 7.12. The van der Waals surface area contributed by atoms with Gasteiger partial charge in [-0.25, -0.2) is 0 Å². The lowest BCUT2D eigenvalue weighted by Crippen LogP contribution is -1.93. The van der Waals surface area contributed by atoms with Crippen molar-refractivity contribution in [3.05, 3.63) is 437 Å². The summed E-state index contributed by atoms with van der Waals surface area (Å²) in [4.78, 5) is 0. The summed E-state index contributed by atoms with van der Waals surface area (Å²) in [6, 6.07) is 162. The highest BCUT2D eigenvalue weighted by Gasteiger charge is 2.26. The van der Waals surface area contributed by atoms with Crippen LogP contribution in [0.5, 0.6) is 0 Å². The van der Waals surface area contributed by atoms with Gasteiger partial charge in [-0.05, 0) is 339 Å². The molecule has 129 heavy (non-hydrogen) atoms. The molecule has 28 aromatic rings. The number of hydrogen-bond donors (Lipinski definition) is 0. The molecule has 0 aliphatic heterocycles. The largest absolute Gasteiger partial charge is 0.456 e. The van der Waals surface area contributed by atoms with Crippen molar-refractivity contribution in [2.24, 2.45) is 0 Å². The Kier molecular flexibility index (Phi) is 15.4. The van der Waals surface area contributed by atoms with Crippen molar-refractivity contribution in [1.29, 1.82) is 0 Å². The molecule has 0 bridgehead atoms. The molecular formula is C126H72O3. The Hall–Kier alpha value is -17.0. The number of benzene rings is 25. The van der Waals surface area contributed by atoms with E-state index in [2.05, 4.69) is 437 Å². The number of hydrogen-bond acceptors (Lipinski definition) is 3. The standard InChI is InChI=1S/C126H72O3/c1-4-21-77-58-90(43-36-73(77)18-1)120-99-28-9-11-30-101(99)123(102-31-12-10-29-100(102)120)93-50-53-96-109-57-46-76-39-40-84(63-110(76)126(109)129-117(96)72-93)83-41-42-88-70-119-112(67-95(88)62-83)97-52-47-87(69-115(97)127-119)80-26-17-27-89(61-80)124-105-34-15-13-32-103(105)121(91-44-37-74-19-2-5-22-78(74)59-91)107-55-48-85(65-113(107)124)86-49-56-108-114(66-86)125(94-51-54-98-111-64-81-24-7-8-25-82(81)68-118(111)128-116(98)71-94)106-35-16-14-33-104(106)122(108)92-45-38-75-20-3-6-23-79(75)60-92/h1-72H. The van der Waals surface area contributed by atoms with Crippen LogP contribution in [0, 0.1) is 0 Å². The van der Waals surface area contributed by atoms with Crippen LogP contribution in [0.1, 0.15) is 0 Å². The second-order valence-electron chi connectivity index (χ2n) is 35.1. The number of rotatable bonds is 9. The highest BCUT2D eigenvalue weighted by atomic mass is 16.3. The minimum atomic E-state index is 0.844. The lowest BCUT2D eigenvalue weighted by atomic mass is 9.83. The zero-order chi connectivity index (χ0) is 84.2. The topological polar surface area (TPSA) is 39.4 Å². The molecule has 0 radical (unpaired) electrons. The molecular weight excluding hydrogens is 1560 g/mol. The molecule has 3 nitrogen and oxygen atoms in total. The van der Waals surface area contributed by atoms with Crippen LogP contribution in [0.2, 0.25) is 0 Å². The zero-order valence-corrected chi connectivity index (χ0v) is 69.8. The summed E-state index contributed by atoms with van der Waals surface area (Å²) in [5, 5.41) is 35.1. The third-order valence-electron chi connectivity index (χ3n) is 28.0. The summed E-state index contributed by atoms with van der Waals surface area (Å²) in [6.07, 6.45) is 0. The second-order valence-corrected chi connectivity index (χ2v) is 35.1. The Morgan fingerprint density at radius 1 is 0.101 bits per heavy atom. The molecule has 25 aromatic carbocycles. The quantitative estimate of drug-likeness (QED) is 0.135. The fourth-order valence-corrected chi connectivity index (χ4v) is 22.0. The van der Waals surface area contributed by atoms with Crippen molar-refractivity contribution in [1.82, 2.24) is 0 Å². The van der Waals surface area contributed by atoms with Crippen LogP contribution in [0.15, 0.2) is 450 Å². The van der Waals surface area contributed by atoms with E-state index in [0.29, 0.717) is 0 Å². The molecule has 0 aliphatic rings. The molecule has 0 unspecified atom stereocenters. The van der Waals surface area contributed by atoms with E-state index in [1.807, 2.05) is 0 Å². The first-order valence-electron chi connectivity index (χ1n) is 44.5. The molecule has 28 rings (SSSR count). The molecule has 0 saturated heterocycles. The fraction of sp³-hybridized carbons (Fsp3) is 0. The van der Waals surface area contributed by atoms with Gasteiger partial charge in [0.1, 0.15) is 33.5 Å². The van der Waals surface area contributed by atoms with Gasteiger partial charge in [-0.15, -0.1) is 0 Å². The predicted octanol–water partition coefficient (Wildman–Crippen LogP) is 36.2. The van der Waals surface area contributed by atoms with Crippen LogP contribution in [0.3, 0.4) is 0 Å². The van der Waals surface area contributed by atoms with Gasteiger partial charge in [0, 0.05) is 37.7 Å². The van der Waals surface area contributed by atoms with E-state index in [4.69, 9.17) is 13.3 Å². The van der Waals surface area contributed by atoms with Gasteiger partial charge in [0.05, 0.1) is 0 Å². The minimum Gasteiger partial charge on any atom is -0.456 e. The first-order chi connectivity index (χ1) is 63.9. The normalized spacial score (nSPS) is 12.2. The van der Waals surface area contributed by atoms with Crippen LogP contribution in [0.25, 0.3) is 295 Å². The van der Waals surface area contributed by atoms with E-state index < -0.39 is 0 Å². The van der Waals surface area contributed by atoms with Gasteiger partial charge in [-0.1, -0.05) is 322 Å². The minimum absolute atomic E-state index is 0.844. The Morgan fingerprint density at radius 3 is 0.798 bits per heavy atom. The molecule has 0 fully saturated rings. The molecule has 594 valence electrons. The lowest BCUT2D eigenvalue weighted by Gasteiger charge is -2.20. The first kappa shape index (κ1) is 71.4. The van der Waals surface area contributed by atoms with E-state index in [-0.39, 0.29) is 0 Å². The summed E-state index contributed by atoms with van der Waals surface area (Å²) in [6.45, 7) is 0. The van der Waals surface area contributed by atoms with Gasteiger partial charge < -0.3 is 13.3 Å². The smallest absolute Gasteiger partial charge is 0.143 e. The average Bonchev–Trinajstić information content (AvgIpc) is 1.63. The number of fused-ring (bicyclic) bond motifs is 22. The second kappa shape index (κ2) is 27.8. The van der Waals surface area contributed by atoms with Gasteiger partial charge in [-0.3, -0.25) is 0 Å². The van der Waals surface area contributed by atoms with Gasteiger partial charge in [0.15, 0.2) is 0 Å². The molecule has 0 saturated carbocycles. The Balaban J connectivity index is 0.554. The van der Waals surface area contributed by atoms with Crippen molar-refractivity contribution in [3.63, 3.8) is 0 Å². The van der Waals surface area contributed by atoms with Crippen LogP contribution in [0.4, 0.5) is 0 Å². The molecule has 3 heteroatoms. The van der Waals surface area contributed by atoms with Gasteiger partial charge in [0.2, 0.25) is 0 Å². The summed E-state index contributed by atoms with van der Waals surface area (Å²) >= 11 is 0. The number of furan rings is 3. The molecule has 3 heterocycles. The maximum atomic E-state index is 7.12. The van der Waals surface area contributed by atoms with Crippen molar-refractivity contribution in [3.8, 4) is 100 Å². The third-order valence-corrected chi connectivity index (χ3v) is 28.0. The van der Waals surface area contributed by atoms with Gasteiger partial charge >= 0.3 is 0 Å². The lowest BCUT2D eigenvalue weighted by molar-refractivity contribution is 0.669. The van der Waals surface area contributed by atoms with Gasteiger partial charge in [-0.2, -0.15) is 0 Å². The summed E-state index contributed by atoms with van der Waals surface area (Å²) in [5.41, 5.74) is 26.1. The molecule has 3 aromatic heterocycles. The molecule has 0 aliphatic carbocycles. The summed E-state index contributed by atoms with van der Waals surface area (Å²) in [7, 11) is 0.